The first-order valence-corrected chi connectivity index (χ1v) is 8.21. The highest BCUT2D eigenvalue weighted by molar-refractivity contribution is 6.04. The summed E-state index contributed by atoms with van der Waals surface area (Å²) in [7, 11) is 0. The largest absolute Gasteiger partial charge is 0.449 e. The predicted octanol–water partition coefficient (Wildman–Crippen LogP) is 4.47. The third-order valence-electron chi connectivity index (χ3n) is 4.11. The molecule has 1 N–H and O–H groups in total. The molecule has 0 unspecified atom stereocenters. The van der Waals surface area contributed by atoms with Gasteiger partial charge in [-0.05, 0) is 43.0 Å². The summed E-state index contributed by atoms with van der Waals surface area (Å²) in [6, 6.07) is 17.3. The van der Waals surface area contributed by atoms with Crippen LogP contribution >= 0.6 is 0 Å². The molecule has 3 rings (SSSR count). The van der Waals surface area contributed by atoms with Gasteiger partial charge in [0, 0.05) is 11.1 Å². The number of carbonyl (C=O) groups is 2. The fraction of sp³-hybridized carbons (Fsp3) is 0.143. The summed E-state index contributed by atoms with van der Waals surface area (Å²) in [6.45, 7) is 3.08. The van der Waals surface area contributed by atoms with Crippen molar-refractivity contribution >= 4 is 28.3 Å². The molecule has 26 heavy (non-hydrogen) atoms. The number of ether oxygens (including phenoxy) is 1. The molecular weight excluding hydrogens is 333 g/mol. The van der Waals surface area contributed by atoms with Gasteiger partial charge in [-0.1, -0.05) is 42.5 Å². The van der Waals surface area contributed by atoms with Crippen LogP contribution in [-0.2, 0) is 9.53 Å². The van der Waals surface area contributed by atoms with Crippen molar-refractivity contribution in [2.24, 2.45) is 0 Å². The lowest BCUT2D eigenvalue weighted by molar-refractivity contribution is -0.123. The third kappa shape index (κ3) is 3.72. The van der Waals surface area contributed by atoms with E-state index in [-0.39, 0.29) is 5.56 Å². The summed E-state index contributed by atoms with van der Waals surface area (Å²) < 4.78 is 18.7. The zero-order chi connectivity index (χ0) is 18.7. The molecule has 0 spiro atoms. The number of hydrogen-bond acceptors (Lipinski definition) is 3. The number of esters is 1. The number of rotatable bonds is 4. The molecule has 5 heteroatoms. The van der Waals surface area contributed by atoms with Crippen molar-refractivity contribution in [3.8, 4) is 0 Å². The SMILES string of the molecule is Cc1ccc(C(=O)O[C@@H](C)C(=O)Nc2cccc3ccccc23)cc1F. The molecule has 1 amide bonds. The van der Waals surface area contributed by atoms with Crippen LogP contribution in [0.25, 0.3) is 10.8 Å². The average molecular weight is 351 g/mol. The maximum Gasteiger partial charge on any atom is 0.339 e. The smallest absolute Gasteiger partial charge is 0.339 e. The number of nitrogens with one attached hydrogen (secondary N) is 1. The molecule has 0 saturated carbocycles. The Balaban J connectivity index is 1.71. The Kier molecular flexibility index (Phi) is 4.98. The lowest BCUT2D eigenvalue weighted by atomic mass is 10.1. The normalized spacial score (nSPS) is 11.8. The van der Waals surface area contributed by atoms with Crippen LogP contribution in [0.1, 0.15) is 22.8 Å². The van der Waals surface area contributed by atoms with Gasteiger partial charge in [0.15, 0.2) is 6.10 Å². The first-order valence-electron chi connectivity index (χ1n) is 8.21. The maximum absolute atomic E-state index is 13.6. The zero-order valence-electron chi connectivity index (χ0n) is 14.5. The van der Waals surface area contributed by atoms with Gasteiger partial charge in [-0.2, -0.15) is 0 Å². The zero-order valence-corrected chi connectivity index (χ0v) is 14.5. The van der Waals surface area contributed by atoms with Gasteiger partial charge in [-0.3, -0.25) is 4.79 Å². The monoisotopic (exact) mass is 351 g/mol. The molecule has 0 bridgehead atoms. The quantitative estimate of drug-likeness (QED) is 0.706. The minimum Gasteiger partial charge on any atom is -0.449 e. The molecular formula is C21H18FNO3. The Hall–Kier alpha value is -3.21. The molecule has 3 aromatic carbocycles. The van der Waals surface area contributed by atoms with Crippen LogP contribution in [0.3, 0.4) is 0 Å². The van der Waals surface area contributed by atoms with Crippen molar-refractivity contribution in [1.82, 2.24) is 0 Å². The van der Waals surface area contributed by atoms with Crippen molar-refractivity contribution < 1.29 is 18.7 Å². The van der Waals surface area contributed by atoms with Crippen molar-refractivity contribution in [2.75, 3.05) is 5.32 Å². The molecule has 0 saturated heterocycles. The first kappa shape index (κ1) is 17.6. The summed E-state index contributed by atoms with van der Waals surface area (Å²) in [5, 5.41) is 4.65. The van der Waals surface area contributed by atoms with Gasteiger partial charge in [0.2, 0.25) is 0 Å². The molecule has 0 aliphatic rings. The third-order valence-corrected chi connectivity index (χ3v) is 4.11. The summed E-state index contributed by atoms with van der Waals surface area (Å²) >= 11 is 0. The van der Waals surface area contributed by atoms with E-state index in [0.29, 0.717) is 11.3 Å². The molecule has 0 aliphatic carbocycles. The fourth-order valence-electron chi connectivity index (χ4n) is 2.57. The second-order valence-corrected chi connectivity index (χ2v) is 6.03. The van der Waals surface area contributed by atoms with Crippen LogP contribution in [0.15, 0.2) is 60.7 Å². The van der Waals surface area contributed by atoms with Crippen LogP contribution in [0.4, 0.5) is 10.1 Å². The minimum atomic E-state index is -1.02. The van der Waals surface area contributed by atoms with E-state index in [1.54, 1.807) is 13.0 Å². The highest BCUT2D eigenvalue weighted by atomic mass is 19.1. The molecule has 0 aliphatic heterocycles. The molecule has 0 heterocycles. The van der Waals surface area contributed by atoms with Gasteiger partial charge in [-0.15, -0.1) is 0 Å². The number of benzene rings is 3. The van der Waals surface area contributed by atoms with E-state index in [1.807, 2.05) is 36.4 Å². The van der Waals surface area contributed by atoms with Gasteiger partial charge in [0.25, 0.3) is 5.91 Å². The highest BCUT2D eigenvalue weighted by Crippen LogP contribution is 2.23. The lowest BCUT2D eigenvalue weighted by Crippen LogP contribution is -2.30. The van der Waals surface area contributed by atoms with E-state index in [4.69, 9.17) is 4.74 Å². The van der Waals surface area contributed by atoms with E-state index < -0.39 is 23.8 Å². The molecule has 1 atom stereocenters. The van der Waals surface area contributed by atoms with Crippen LogP contribution < -0.4 is 5.32 Å². The highest BCUT2D eigenvalue weighted by Gasteiger charge is 2.20. The lowest BCUT2D eigenvalue weighted by Gasteiger charge is -2.15. The van der Waals surface area contributed by atoms with Crippen molar-refractivity contribution in [3.63, 3.8) is 0 Å². The van der Waals surface area contributed by atoms with Gasteiger partial charge in [0.05, 0.1) is 5.56 Å². The summed E-state index contributed by atoms with van der Waals surface area (Å²) in [5.74, 6) is -1.70. The van der Waals surface area contributed by atoms with Crippen LogP contribution in [0.5, 0.6) is 0 Å². The fourth-order valence-corrected chi connectivity index (χ4v) is 2.57. The van der Waals surface area contributed by atoms with Gasteiger partial charge in [-0.25, -0.2) is 9.18 Å². The maximum atomic E-state index is 13.6. The number of aryl methyl sites for hydroxylation is 1. The van der Waals surface area contributed by atoms with Crippen molar-refractivity contribution in [2.45, 2.75) is 20.0 Å². The topological polar surface area (TPSA) is 55.4 Å². The number of hydrogen-bond donors (Lipinski definition) is 1. The standard InChI is InChI=1S/C21H18FNO3/c1-13-10-11-16(12-18(13)22)21(25)26-14(2)20(24)23-19-9-5-7-15-6-3-4-8-17(15)19/h3-12,14H,1-2H3,(H,23,24)/t14-/m0/s1. The van der Waals surface area contributed by atoms with E-state index in [9.17, 15) is 14.0 Å². The van der Waals surface area contributed by atoms with Crippen molar-refractivity contribution in [3.05, 3.63) is 77.6 Å². The molecule has 132 valence electrons. The second-order valence-electron chi connectivity index (χ2n) is 6.03. The van der Waals surface area contributed by atoms with E-state index >= 15 is 0 Å². The predicted molar refractivity (Wildman–Crippen MR) is 98.6 cm³/mol. The molecule has 0 aromatic heterocycles. The van der Waals surface area contributed by atoms with Gasteiger partial charge < -0.3 is 10.1 Å². The summed E-state index contributed by atoms with van der Waals surface area (Å²) in [5.41, 5.74) is 1.14. The van der Waals surface area contributed by atoms with Crippen molar-refractivity contribution in [1.29, 1.82) is 0 Å². The Labute approximate surface area is 150 Å². The Bertz CT molecular complexity index is 979. The molecule has 0 fully saturated rings. The van der Waals surface area contributed by atoms with Gasteiger partial charge >= 0.3 is 5.97 Å². The number of fused-ring (bicyclic) bond motifs is 1. The molecule has 3 aromatic rings. The van der Waals surface area contributed by atoms with E-state index in [1.165, 1.54) is 19.1 Å². The molecule has 0 radical (unpaired) electrons. The first-order chi connectivity index (χ1) is 12.5. The number of halogens is 1. The number of amides is 1. The summed E-state index contributed by atoms with van der Waals surface area (Å²) in [6.07, 6.45) is -1.02. The van der Waals surface area contributed by atoms with Crippen LogP contribution in [-0.4, -0.2) is 18.0 Å². The summed E-state index contributed by atoms with van der Waals surface area (Å²) in [4.78, 5) is 24.5. The second kappa shape index (κ2) is 7.35. The van der Waals surface area contributed by atoms with Gasteiger partial charge in [0.1, 0.15) is 5.82 Å². The number of carbonyl (C=O) groups excluding carboxylic acids is 2. The molecule has 4 nitrogen and oxygen atoms in total. The Morgan fingerprint density at radius 3 is 2.54 bits per heavy atom. The van der Waals surface area contributed by atoms with E-state index in [2.05, 4.69) is 5.32 Å². The van der Waals surface area contributed by atoms with E-state index in [0.717, 1.165) is 16.8 Å². The number of anilines is 1. The van der Waals surface area contributed by atoms with Crippen LogP contribution in [0, 0.1) is 12.7 Å². The Morgan fingerprint density at radius 2 is 1.77 bits per heavy atom. The Morgan fingerprint density at radius 1 is 1.04 bits per heavy atom. The average Bonchev–Trinajstić information content (AvgIpc) is 2.64. The van der Waals surface area contributed by atoms with Crippen LogP contribution in [0.2, 0.25) is 0 Å². The minimum absolute atomic E-state index is 0.0675.